The molecule has 2 rings (SSSR count). The second kappa shape index (κ2) is 6.30. The second-order valence-electron chi connectivity index (χ2n) is 4.58. The summed E-state index contributed by atoms with van der Waals surface area (Å²) in [6.07, 6.45) is 0.491. The molecule has 0 saturated carbocycles. The van der Waals surface area contributed by atoms with E-state index in [4.69, 9.17) is 4.74 Å². The first-order valence-electron chi connectivity index (χ1n) is 6.42. The predicted molar refractivity (Wildman–Crippen MR) is 76.3 cm³/mol. The molecule has 0 heterocycles. The molecule has 0 aliphatic carbocycles. The summed E-state index contributed by atoms with van der Waals surface area (Å²) in [5.74, 6) is 0.668. The normalized spacial score (nSPS) is 12.1. The molecule has 2 aromatic rings. The second-order valence-corrected chi connectivity index (χ2v) is 4.58. The number of methoxy groups -OCH3 is 1. The molecule has 4 nitrogen and oxygen atoms in total. The van der Waals surface area contributed by atoms with Crippen molar-refractivity contribution in [2.75, 3.05) is 13.7 Å². The Morgan fingerprint density at radius 3 is 2.30 bits per heavy atom. The molecule has 0 saturated heterocycles. The van der Waals surface area contributed by atoms with Crippen molar-refractivity contribution in [3.05, 3.63) is 53.6 Å². The van der Waals surface area contributed by atoms with E-state index in [1.54, 1.807) is 13.2 Å². The van der Waals surface area contributed by atoms with Crippen LogP contribution in [0.4, 0.5) is 0 Å². The highest BCUT2D eigenvalue weighted by atomic mass is 16.5. The molecule has 1 atom stereocenters. The van der Waals surface area contributed by atoms with E-state index in [1.807, 2.05) is 24.3 Å². The summed E-state index contributed by atoms with van der Waals surface area (Å²) in [4.78, 5) is 0. The minimum Gasteiger partial charge on any atom is -0.508 e. The number of aromatic hydroxyl groups is 2. The first-order valence-corrected chi connectivity index (χ1v) is 6.42. The van der Waals surface area contributed by atoms with E-state index >= 15 is 0 Å². The van der Waals surface area contributed by atoms with Gasteiger partial charge in [-0.3, -0.25) is 0 Å². The van der Waals surface area contributed by atoms with Crippen LogP contribution in [0, 0.1) is 0 Å². The Morgan fingerprint density at radius 1 is 1.05 bits per heavy atom. The van der Waals surface area contributed by atoms with Gasteiger partial charge in [0.25, 0.3) is 0 Å². The molecule has 1 unspecified atom stereocenters. The fourth-order valence-electron chi connectivity index (χ4n) is 2.29. The highest BCUT2D eigenvalue weighted by molar-refractivity contribution is 5.45. The molecule has 0 fully saturated rings. The lowest BCUT2D eigenvalue weighted by Gasteiger charge is -2.18. The minimum absolute atomic E-state index is 0.0109. The van der Waals surface area contributed by atoms with E-state index in [0.29, 0.717) is 12.0 Å². The van der Waals surface area contributed by atoms with Crippen molar-refractivity contribution in [2.24, 2.45) is 0 Å². The standard InChI is InChI=1S/C16H18O4/c1-20-13-5-2-11(3-6-13)14(8-9-17)15-7-4-12(18)10-16(15)19/h2-7,10,14,17-19H,8-9H2,1H3. The van der Waals surface area contributed by atoms with Gasteiger partial charge in [-0.1, -0.05) is 18.2 Å². The number of phenolic OH excluding ortho intramolecular Hbond substituents is 2. The fraction of sp³-hybridized carbons (Fsp3) is 0.250. The summed E-state index contributed by atoms with van der Waals surface area (Å²) in [6, 6.07) is 12.0. The van der Waals surface area contributed by atoms with Gasteiger partial charge in [0.1, 0.15) is 17.2 Å². The van der Waals surface area contributed by atoms with Crippen LogP contribution in [-0.2, 0) is 0 Å². The van der Waals surface area contributed by atoms with Crippen LogP contribution in [0.1, 0.15) is 23.5 Å². The molecular weight excluding hydrogens is 256 g/mol. The van der Waals surface area contributed by atoms with E-state index in [2.05, 4.69) is 0 Å². The van der Waals surface area contributed by atoms with Crippen molar-refractivity contribution >= 4 is 0 Å². The van der Waals surface area contributed by atoms with Crippen LogP contribution in [0.5, 0.6) is 17.2 Å². The molecule has 2 aromatic carbocycles. The predicted octanol–water partition coefficient (Wildman–Crippen LogP) is 2.62. The van der Waals surface area contributed by atoms with Crippen LogP contribution in [0.15, 0.2) is 42.5 Å². The maximum Gasteiger partial charge on any atom is 0.123 e. The van der Waals surface area contributed by atoms with Crippen molar-refractivity contribution in [2.45, 2.75) is 12.3 Å². The zero-order valence-corrected chi connectivity index (χ0v) is 11.3. The van der Waals surface area contributed by atoms with Gasteiger partial charge in [0.05, 0.1) is 7.11 Å². The van der Waals surface area contributed by atoms with Gasteiger partial charge in [-0.25, -0.2) is 0 Å². The molecule has 0 aromatic heterocycles. The molecule has 20 heavy (non-hydrogen) atoms. The largest absolute Gasteiger partial charge is 0.508 e. The Labute approximate surface area is 117 Å². The molecular formula is C16H18O4. The molecule has 3 N–H and O–H groups in total. The molecule has 4 heteroatoms. The highest BCUT2D eigenvalue weighted by Crippen LogP contribution is 2.36. The summed E-state index contributed by atoms with van der Waals surface area (Å²) >= 11 is 0. The number of hydrogen-bond acceptors (Lipinski definition) is 4. The van der Waals surface area contributed by atoms with Crippen LogP contribution in [0.2, 0.25) is 0 Å². The lowest BCUT2D eigenvalue weighted by molar-refractivity contribution is 0.280. The average molecular weight is 274 g/mol. The van der Waals surface area contributed by atoms with E-state index in [-0.39, 0.29) is 24.0 Å². The van der Waals surface area contributed by atoms with Crippen molar-refractivity contribution < 1.29 is 20.1 Å². The quantitative estimate of drug-likeness (QED) is 0.784. The third kappa shape index (κ3) is 3.03. The molecule has 0 aliphatic heterocycles. The van der Waals surface area contributed by atoms with Crippen molar-refractivity contribution in [3.8, 4) is 17.2 Å². The number of ether oxygens (including phenoxy) is 1. The summed E-state index contributed by atoms with van der Waals surface area (Å²) in [6.45, 7) is 0.0109. The van der Waals surface area contributed by atoms with E-state index in [0.717, 1.165) is 11.3 Å². The number of rotatable bonds is 5. The van der Waals surface area contributed by atoms with Gasteiger partial charge in [0.15, 0.2) is 0 Å². The van der Waals surface area contributed by atoms with Crippen molar-refractivity contribution in [1.29, 1.82) is 0 Å². The van der Waals surface area contributed by atoms with Gasteiger partial charge < -0.3 is 20.1 Å². The smallest absolute Gasteiger partial charge is 0.123 e. The molecule has 106 valence electrons. The van der Waals surface area contributed by atoms with E-state index in [9.17, 15) is 15.3 Å². The average Bonchev–Trinajstić information content (AvgIpc) is 2.46. The first-order chi connectivity index (χ1) is 9.65. The number of aliphatic hydroxyl groups excluding tert-OH is 1. The Bertz CT molecular complexity index is 563. The van der Waals surface area contributed by atoms with Gasteiger partial charge in [-0.15, -0.1) is 0 Å². The summed E-state index contributed by atoms with van der Waals surface area (Å²) in [5, 5.41) is 28.6. The Morgan fingerprint density at radius 2 is 1.75 bits per heavy atom. The van der Waals surface area contributed by atoms with Crippen molar-refractivity contribution in [3.63, 3.8) is 0 Å². The Kier molecular flexibility index (Phi) is 4.48. The maximum absolute atomic E-state index is 9.98. The lowest BCUT2D eigenvalue weighted by atomic mass is 9.88. The molecule has 0 radical (unpaired) electrons. The Hall–Kier alpha value is -2.20. The monoisotopic (exact) mass is 274 g/mol. The van der Waals surface area contributed by atoms with Gasteiger partial charge in [0.2, 0.25) is 0 Å². The van der Waals surface area contributed by atoms with Crippen LogP contribution < -0.4 is 4.74 Å². The first kappa shape index (κ1) is 14.2. The van der Waals surface area contributed by atoms with Gasteiger partial charge in [-0.2, -0.15) is 0 Å². The number of benzene rings is 2. The van der Waals surface area contributed by atoms with Crippen LogP contribution in [0.25, 0.3) is 0 Å². The molecule has 0 bridgehead atoms. The fourth-order valence-corrected chi connectivity index (χ4v) is 2.29. The maximum atomic E-state index is 9.98. The number of phenols is 2. The summed E-state index contributed by atoms with van der Waals surface area (Å²) in [5.41, 5.74) is 1.66. The van der Waals surface area contributed by atoms with Gasteiger partial charge >= 0.3 is 0 Å². The zero-order valence-electron chi connectivity index (χ0n) is 11.3. The van der Waals surface area contributed by atoms with E-state index in [1.165, 1.54) is 12.1 Å². The van der Waals surface area contributed by atoms with Crippen molar-refractivity contribution in [1.82, 2.24) is 0 Å². The van der Waals surface area contributed by atoms with Gasteiger partial charge in [0, 0.05) is 24.2 Å². The zero-order chi connectivity index (χ0) is 14.5. The van der Waals surface area contributed by atoms with Crippen LogP contribution in [0.3, 0.4) is 0 Å². The van der Waals surface area contributed by atoms with E-state index < -0.39 is 0 Å². The Balaban J connectivity index is 2.38. The molecule has 0 aliphatic rings. The summed E-state index contributed by atoms with van der Waals surface area (Å²) < 4.78 is 5.12. The molecule has 0 amide bonds. The third-order valence-corrected chi connectivity index (χ3v) is 3.33. The SMILES string of the molecule is COc1ccc(C(CCO)c2ccc(O)cc2O)cc1. The number of hydrogen-bond donors (Lipinski definition) is 3. The molecule has 0 spiro atoms. The topological polar surface area (TPSA) is 69.9 Å². The van der Waals surface area contributed by atoms with Crippen LogP contribution >= 0.6 is 0 Å². The van der Waals surface area contributed by atoms with Crippen LogP contribution in [-0.4, -0.2) is 29.0 Å². The highest BCUT2D eigenvalue weighted by Gasteiger charge is 2.17. The summed E-state index contributed by atoms with van der Waals surface area (Å²) in [7, 11) is 1.60. The number of aliphatic hydroxyl groups is 1. The third-order valence-electron chi connectivity index (χ3n) is 3.33. The minimum atomic E-state index is -0.133. The lowest BCUT2D eigenvalue weighted by Crippen LogP contribution is -2.04. The van der Waals surface area contributed by atoms with Gasteiger partial charge in [-0.05, 0) is 30.2 Å².